The molecule has 1 aliphatic heterocycles. The number of rotatable bonds is 5. The van der Waals surface area contributed by atoms with Gasteiger partial charge in [0.25, 0.3) is 0 Å². The van der Waals surface area contributed by atoms with Gasteiger partial charge in [0.05, 0.1) is 6.10 Å². The van der Waals surface area contributed by atoms with E-state index in [1.807, 2.05) is 0 Å². The van der Waals surface area contributed by atoms with Crippen LogP contribution in [0.5, 0.6) is 0 Å². The van der Waals surface area contributed by atoms with E-state index in [0.717, 1.165) is 18.9 Å². The molecule has 0 aromatic heterocycles. The zero-order valence-electron chi connectivity index (χ0n) is 13.9. The summed E-state index contributed by atoms with van der Waals surface area (Å²) in [5.74, 6) is -0.746. The third kappa shape index (κ3) is 4.44. The summed E-state index contributed by atoms with van der Waals surface area (Å²) in [6.45, 7) is 2.78. The Bertz CT molecular complexity index is 592. The Kier molecular flexibility index (Phi) is 5.33. The van der Waals surface area contributed by atoms with Crippen molar-refractivity contribution in [2.24, 2.45) is 5.92 Å². The van der Waals surface area contributed by atoms with Gasteiger partial charge < -0.3 is 15.4 Å². The maximum absolute atomic E-state index is 13.7. The Morgan fingerprint density at radius 2 is 2.12 bits per heavy atom. The topological polar surface area (TPSA) is 50.4 Å². The van der Waals surface area contributed by atoms with Gasteiger partial charge in [-0.05, 0) is 43.2 Å². The summed E-state index contributed by atoms with van der Waals surface area (Å²) >= 11 is 0. The molecule has 1 heterocycles. The highest BCUT2D eigenvalue weighted by atomic mass is 19.1. The summed E-state index contributed by atoms with van der Waals surface area (Å²) in [5, 5.41) is 5.76. The predicted molar refractivity (Wildman–Crippen MR) is 86.8 cm³/mol. The molecular formula is C18H24F2N2O2. The molecule has 132 valence electrons. The van der Waals surface area contributed by atoms with E-state index in [2.05, 4.69) is 10.6 Å². The van der Waals surface area contributed by atoms with Gasteiger partial charge in [0.15, 0.2) is 0 Å². The van der Waals surface area contributed by atoms with Crippen LogP contribution in [0.3, 0.4) is 0 Å². The highest BCUT2D eigenvalue weighted by molar-refractivity contribution is 5.74. The monoisotopic (exact) mass is 338 g/mol. The number of urea groups is 1. The van der Waals surface area contributed by atoms with Gasteiger partial charge in [-0.1, -0.05) is 13.0 Å². The highest BCUT2D eigenvalue weighted by Gasteiger charge is 2.36. The number of carbonyl (C=O) groups is 1. The van der Waals surface area contributed by atoms with Crippen LogP contribution < -0.4 is 10.6 Å². The van der Waals surface area contributed by atoms with Crippen molar-refractivity contribution < 1.29 is 18.3 Å². The first kappa shape index (κ1) is 17.1. The molecule has 0 unspecified atom stereocenters. The van der Waals surface area contributed by atoms with Crippen LogP contribution in [0.25, 0.3) is 0 Å². The van der Waals surface area contributed by atoms with Crippen LogP contribution in [-0.4, -0.2) is 31.3 Å². The molecule has 24 heavy (non-hydrogen) atoms. The molecule has 1 aromatic rings. The molecule has 4 nitrogen and oxygen atoms in total. The molecule has 6 heteroatoms. The fourth-order valence-electron chi connectivity index (χ4n) is 3.25. The smallest absolute Gasteiger partial charge is 0.315 e. The molecule has 1 saturated carbocycles. The average Bonchev–Trinajstić information content (AvgIpc) is 3.38. The molecule has 1 aromatic carbocycles. The van der Waals surface area contributed by atoms with Gasteiger partial charge in [-0.3, -0.25) is 0 Å². The number of amides is 2. The Balaban J connectivity index is 1.44. The normalized spacial score (nSPS) is 25.1. The van der Waals surface area contributed by atoms with Crippen LogP contribution in [0, 0.1) is 17.6 Å². The summed E-state index contributed by atoms with van der Waals surface area (Å²) in [6, 6.07) is 3.40. The maximum Gasteiger partial charge on any atom is 0.315 e. The molecule has 1 saturated heterocycles. The minimum absolute atomic E-state index is 0.127. The Morgan fingerprint density at radius 1 is 1.33 bits per heavy atom. The van der Waals surface area contributed by atoms with Crippen molar-refractivity contribution in [2.45, 2.75) is 50.7 Å². The third-order valence-corrected chi connectivity index (χ3v) is 4.86. The van der Waals surface area contributed by atoms with Gasteiger partial charge >= 0.3 is 6.03 Å². The lowest BCUT2D eigenvalue weighted by Crippen LogP contribution is -2.47. The van der Waals surface area contributed by atoms with Crippen LogP contribution in [0.1, 0.15) is 44.1 Å². The minimum Gasteiger partial charge on any atom is -0.378 e. The summed E-state index contributed by atoms with van der Waals surface area (Å²) in [6.07, 6.45) is 4.41. The Hall–Kier alpha value is -1.69. The largest absolute Gasteiger partial charge is 0.378 e. The van der Waals surface area contributed by atoms with E-state index in [1.54, 1.807) is 6.92 Å². The lowest BCUT2D eigenvalue weighted by molar-refractivity contribution is -0.00914. The number of hydrogen-bond acceptors (Lipinski definition) is 2. The van der Waals surface area contributed by atoms with E-state index in [0.29, 0.717) is 24.6 Å². The van der Waals surface area contributed by atoms with Crippen LogP contribution >= 0.6 is 0 Å². The van der Waals surface area contributed by atoms with Crippen molar-refractivity contribution in [3.8, 4) is 0 Å². The third-order valence-electron chi connectivity index (χ3n) is 4.86. The molecular weight excluding hydrogens is 314 g/mol. The minimum atomic E-state index is -0.598. The number of halogens is 2. The Labute approximate surface area is 141 Å². The van der Waals surface area contributed by atoms with Crippen molar-refractivity contribution in [1.82, 2.24) is 10.6 Å². The molecule has 0 radical (unpaired) electrons. The van der Waals surface area contributed by atoms with Gasteiger partial charge in [-0.2, -0.15) is 0 Å². The van der Waals surface area contributed by atoms with E-state index in [-0.39, 0.29) is 24.1 Å². The summed E-state index contributed by atoms with van der Waals surface area (Å²) in [4.78, 5) is 12.1. The standard InChI is InChI=1S/C18H24F2N2O2/c1-11(15-5-4-13(19)8-16(15)20)10-21-18(23)22-14-6-7-24-17(9-14)12-2-3-12/h4-5,8,11-12,14,17H,2-3,6-7,9-10H2,1H3,(H2,21,22,23)/t11-,14-,17-/m1/s1. The van der Waals surface area contributed by atoms with Gasteiger partial charge in [-0.25, -0.2) is 13.6 Å². The number of carbonyl (C=O) groups excluding carboxylic acids is 1. The lowest BCUT2D eigenvalue weighted by Gasteiger charge is -2.30. The van der Waals surface area contributed by atoms with E-state index < -0.39 is 11.6 Å². The van der Waals surface area contributed by atoms with Crippen LogP contribution in [-0.2, 0) is 4.74 Å². The first-order valence-electron chi connectivity index (χ1n) is 8.64. The van der Waals surface area contributed by atoms with Crippen LogP contribution in [0.4, 0.5) is 13.6 Å². The average molecular weight is 338 g/mol. The Morgan fingerprint density at radius 3 is 2.83 bits per heavy atom. The molecule has 3 atom stereocenters. The van der Waals surface area contributed by atoms with Crippen molar-refractivity contribution >= 4 is 6.03 Å². The van der Waals surface area contributed by atoms with Crippen molar-refractivity contribution in [3.05, 3.63) is 35.4 Å². The molecule has 2 aliphatic rings. The van der Waals surface area contributed by atoms with E-state index >= 15 is 0 Å². The molecule has 1 aliphatic carbocycles. The summed E-state index contributed by atoms with van der Waals surface area (Å²) in [5.41, 5.74) is 0.400. The summed E-state index contributed by atoms with van der Waals surface area (Å²) < 4.78 is 32.4. The highest BCUT2D eigenvalue weighted by Crippen LogP contribution is 2.38. The predicted octanol–water partition coefficient (Wildman–Crippen LogP) is 3.33. The van der Waals surface area contributed by atoms with E-state index in [9.17, 15) is 13.6 Å². The quantitative estimate of drug-likeness (QED) is 0.865. The first-order valence-corrected chi connectivity index (χ1v) is 8.64. The van der Waals surface area contributed by atoms with Gasteiger partial charge in [-0.15, -0.1) is 0 Å². The molecule has 3 rings (SSSR count). The van der Waals surface area contributed by atoms with Crippen LogP contribution in [0.15, 0.2) is 18.2 Å². The van der Waals surface area contributed by atoms with Crippen molar-refractivity contribution in [2.75, 3.05) is 13.2 Å². The zero-order chi connectivity index (χ0) is 17.1. The number of benzene rings is 1. The summed E-state index contributed by atoms with van der Waals surface area (Å²) in [7, 11) is 0. The number of ether oxygens (including phenoxy) is 1. The fourth-order valence-corrected chi connectivity index (χ4v) is 3.25. The molecule has 0 bridgehead atoms. The number of nitrogens with one attached hydrogen (secondary N) is 2. The maximum atomic E-state index is 13.7. The van der Waals surface area contributed by atoms with Gasteiger partial charge in [0.1, 0.15) is 11.6 Å². The lowest BCUT2D eigenvalue weighted by atomic mass is 10.00. The van der Waals surface area contributed by atoms with Crippen LogP contribution in [0.2, 0.25) is 0 Å². The van der Waals surface area contributed by atoms with Gasteiger partial charge in [0.2, 0.25) is 0 Å². The fraction of sp³-hybridized carbons (Fsp3) is 0.611. The van der Waals surface area contributed by atoms with Gasteiger partial charge in [0, 0.05) is 31.2 Å². The molecule has 2 N–H and O–H groups in total. The van der Waals surface area contributed by atoms with E-state index in [4.69, 9.17) is 4.74 Å². The second-order valence-corrected chi connectivity index (χ2v) is 6.89. The number of hydrogen-bond donors (Lipinski definition) is 2. The second kappa shape index (κ2) is 7.47. The zero-order valence-corrected chi connectivity index (χ0v) is 13.9. The first-order chi connectivity index (χ1) is 11.5. The molecule has 0 spiro atoms. The SMILES string of the molecule is C[C@H](CNC(=O)N[C@@H]1CCO[C@@H](C2CC2)C1)c1ccc(F)cc1F. The van der Waals surface area contributed by atoms with E-state index in [1.165, 1.54) is 25.0 Å². The van der Waals surface area contributed by atoms with Crippen molar-refractivity contribution in [1.29, 1.82) is 0 Å². The second-order valence-electron chi connectivity index (χ2n) is 6.89. The molecule has 2 fully saturated rings. The molecule has 2 amide bonds. The van der Waals surface area contributed by atoms with Crippen molar-refractivity contribution in [3.63, 3.8) is 0 Å².